The summed E-state index contributed by atoms with van der Waals surface area (Å²) in [4.78, 5) is 26.1. The van der Waals surface area contributed by atoms with Crippen molar-refractivity contribution in [2.24, 2.45) is 0 Å². The zero-order valence-electron chi connectivity index (χ0n) is 15.4. The lowest BCUT2D eigenvalue weighted by molar-refractivity contribution is 0.0686. The van der Waals surface area contributed by atoms with Crippen molar-refractivity contribution in [2.75, 3.05) is 13.6 Å². The normalized spacial score (nSPS) is 15.7. The SMILES string of the molecule is C.CN1CC(C(c2cccc(Cl)c2)c2cccc(Cl)c2)n2ncc(=O)c(O)c2C1=O. The molecule has 1 aliphatic rings. The number of halogens is 2. The van der Waals surface area contributed by atoms with Gasteiger partial charge in [-0.15, -0.1) is 0 Å². The second kappa shape index (κ2) is 8.50. The molecular weight excluding hydrogens is 425 g/mol. The summed E-state index contributed by atoms with van der Waals surface area (Å²) >= 11 is 12.5. The number of rotatable bonds is 3. The van der Waals surface area contributed by atoms with Crippen LogP contribution in [-0.2, 0) is 0 Å². The number of fused-ring (bicyclic) bond motifs is 1. The average molecular weight is 446 g/mol. The van der Waals surface area contributed by atoms with Crippen LogP contribution in [0.5, 0.6) is 5.75 Å². The zero-order valence-corrected chi connectivity index (χ0v) is 16.9. The smallest absolute Gasteiger partial charge is 0.275 e. The highest BCUT2D eigenvalue weighted by atomic mass is 35.5. The Balaban J connectivity index is 0.00000256. The topological polar surface area (TPSA) is 75.4 Å². The van der Waals surface area contributed by atoms with Crippen molar-refractivity contribution in [1.29, 1.82) is 0 Å². The van der Waals surface area contributed by atoms with Crippen molar-refractivity contribution >= 4 is 29.1 Å². The predicted molar refractivity (Wildman–Crippen MR) is 118 cm³/mol. The third kappa shape index (κ3) is 3.80. The third-order valence-electron chi connectivity index (χ3n) is 5.11. The number of hydrogen-bond donors (Lipinski definition) is 1. The molecular formula is C22H21Cl2N3O3. The van der Waals surface area contributed by atoms with E-state index in [-0.39, 0.29) is 19.0 Å². The standard InChI is InChI=1S/C21H17Cl2N3O3.CH4/c1-25-11-16(26-19(21(25)29)20(28)17(27)10-24-26)18(12-4-2-6-14(22)8-12)13-5-3-7-15(23)9-13;/h2-10,16,18,28H,11H2,1H3;1H4. The quantitative estimate of drug-likeness (QED) is 0.649. The van der Waals surface area contributed by atoms with Gasteiger partial charge in [-0.25, -0.2) is 0 Å². The zero-order chi connectivity index (χ0) is 20.7. The van der Waals surface area contributed by atoms with Crippen LogP contribution in [0.3, 0.4) is 0 Å². The van der Waals surface area contributed by atoms with Gasteiger partial charge in [-0.05, 0) is 35.4 Å². The third-order valence-corrected chi connectivity index (χ3v) is 5.58. The van der Waals surface area contributed by atoms with Gasteiger partial charge in [-0.3, -0.25) is 14.3 Å². The maximum absolute atomic E-state index is 12.7. The molecule has 4 rings (SSSR count). The Bertz CT molecular complexity index is 1120. The number of carbonyl (C=O) groups excluding carboxylic acids is 1. The molecule has 1 N–H and O–H groups in total. The average Bonchev–Trinajstić information content (AvgIpc) is 2.68. The van der Waals surface area contributed by atoms with Crippen molar-refractivity contribution in [2.45, 2.75) is 19.4 Å². The Hall–Kier alpha value is -2.83. The molecule has 2 aromatic carbocycles. The monoisotopic (exact) mass is 445 g/mol. The van der Waals surface area contributed by atoms with Gasteiger partial charge in [-0.1, -0.05) is 54.9 Å². The van der Waals surface area contributed by atoms with Gasteiger partial charge in [0.15, 0.2) is 11.4 Å². The molecule has 8 heteroatoms. The van der Waals surface area contributed by atoms with Crippen molar-refractivity contribution in [1.82, 2.24) is 14.7 Å². The molecule has 1 amide bonds. The molecule has 3 aromatic rings. The first kappa shape index (κ1) is 21.9. The van der Waals surface area contributed by atoms with Crippen molar-refractivity contribution in [3.63, 3.8) is 0 Å². The summed E-state index contributed by atoms with van der Waals surface area (Å²) in [7, 11) is 1.63. The number of aromatic nitrogens is 2. The number of aromatic hydroxyl groups is 1. The van der Waals surface area contributed by atoms with E-state index in [9.17, 15) is 14.7 Å². The Morgan fingerprint density at radius 2 is 1.63 bits per heavy atom. The van der Waals surface area contributed by atoms with E-state index in [1.54, 1.807) is 19.2 Å². The number of carbonyl (C=O) groups is 1. The first-order chi connectivity index (χ1) is 13.9. The fourth-order valence-corrected chi connectivity index (χ4v) is 4.21. The van der Waals surface area contributed by atoms with E-state index in [0.29, 0.717) is 16.6 Å². The van der Waals surface area contributed by atoms with E-state index in [0.717, 1.165) is 17.3 Å². The minimum Gasteiger partial charge on any atom is -0.502 e. The maximum atomic E-state index is 12.7. The van der Waals surface area contributed by atoms with Gasteiger partial charge >= 0.3 is 0 Å². The summed E-state index contributed by atoms with van der Waals surface area (Å²) in [6, 6.07) is 14.5. The van der Waals surface area contributed by atoms with E-state index in [2.05, 4.69) is 5.10 Å². The van der Waals surface area contributed by atoms with Crippen LogP contribution in [0.15, 0.2) is 59.5 Å². The molecule has 1 atom stereocenters. The van der Waals surface area contributed by atoms with E-state index >= 15 is 0 Å². The van der Waals surface area contributed by atoms with Crippen molar-refractivity contribution < 1.29 is 9.90 Å². The molecule has 1 aliphatic heterocycles. The minimum absolute atomic E-state index is 0. The van der Waals surface area contributed by atoms with E-state index in [1.807, 2.05) is 36.4 Å². The second-order valence-corrected chi connectivity index (χ2v) is 7.86. The summed E-state index contributed by atoms with van der Waals surface area (Å²) in [5.74, 6) is -1.34. The van der Waals surface area contributed by atoms with Crippen LogP contribution in [0.2, 0.25) is 10.0 Å². The Morgan fingerprint density at radius 3 is 2.17 bits per heavy atom. The second-order valence-electron chi connectivity index (χ2n) is 6.99. The first-order valence-electron chi connectivity index (χ1n) is 8.94. The molecule has 0 bridgehead atoms. The Labute approximate surface area is 184 Å². The fourth-order valence-electron chi connectivity index (χ4n) is 3.81. The molecule has 0 spiro atoms. The molecule has 1 unspecified atom stereocenters. The highest BCUT2D eigenvalue weighted by Crippen LogP contribution is 2.40. The largest absolute Gasteiger partial charge is 0.502 e. The number of nitrogens with zero attached hydrogens (tertiary/aromatic N) is 3. The van der Waals surface area contributed by atoms with E-state index in [1.165, 1.54) is 9.58 Å². The molecule has 0 saturated heterocycles. The summed E-state index contributed by atoms with van der Waals surface area (Å²) in [5, 5.41) is 15.6. The molecule has 156 valence electrons. The number of likely N-dealkylation sites (N-methyl/N-ethyl adjacent to an activating group) is 1. The van der Waals surface area contributed by atoms with Crippen LogP contribution in [0, 0.1) is 0 Å². The lowest BCUT2D eigenvalue weighted by Gasteiger charge is -2.37. The van der Waals surface area contributed by atoms with Crippen LogP contribution in [0.25, 0.3) is 0 Å². The first-order valence-corrected chi connectivity index (χ1v) is 9.69. The molecule has 6 nitrogen and oxygen atoms in total. The van der Waals surface area contributed by atoms with Crippen molar-refractivity contribution in [3.05, 3.63) is 91.8 Å². The van der Waals surface area contributed by atoms with Crippen LogP contribution >= 0.6 is 23.2 Å². The summed E-state index contributed by atoms with van der Waals surface area (Å²) in [6.45, 7) is 0.324. The minimum atomic E-state index is -0.694. The highest BCUT2D eigenvalue weighted by Gasteiger charge is 2.38. The van der Waals surface area contributed by atoms with Gasteiger partial charge in [0.25, 0.3) is 5.91 Å². The Kier molecular flexibility index (Phi) is 6.19. The Morgan fingerprint density at radius 1 is 1.07 bits per heavy atom. The van der Waals surface area contributed by atoms with E-state index < -0.39 is 23.1 Å². The molecule has 2 heterocycles. The van der Waals surface area contributed by atoms with Gasteiger partial charge in [0.05, 0.1) is 12.2 Å². The van der Waals surface area contributed by atoms with E-state index in [4.69, 9.17) is 23.2 Å². The van der Waals surface area contributed by atoms with Crippen LogP contribution in [0.1, 0.15) is 41.0 Å². The summed E-state index contributed by atoms with van der Waals surface area (Å²) < 4.78 is 1.44. The maximum Gasteiger partial charge on any atom is 0.275 e. The van der Waals surface area contributed by atoms with Gasteiger partial charge in [0.2, 0.25) is 5.43 Å². The highest BCUT2D eigenvalue weighted by molar-refractivity contribution is 6.31. The molecule has 1 aromatic heterocycles. The molecule has 0 fully saturated rings. The van der Waals surface area contributed by atoms with Crippen LogP contribution < -0.4 is 5.43 Å². The molecule has 0 saturated carbocycles. The van der Waals surface area contributed by atoms with Gasteiger partial charge < -0.3 is 10.0 Å². The fraction of sp³-hybridized carbons (Fsp3) is 0.227. The number of hydrogen-bond acceptors (Lipinski definition) is 4. The summed E-state index contributed by atoms with van der Waals surface area (Å²) in [6.07, 6.45) is 1.03. The van der Waals surface area contributed by atoms with Crippen LogP contribution in [0.4, 0.5) is 0 Å². The number of benzene rings is 2. The summed E-state index contributed by atoms with van der Waals surface area (Å²) in [5.41, 5.74) is 0.989. The lowest BCUT2D eigenvalue weighted by Crippen LogP contribution is -2.45. The van der Waals surface area contributed by atoms with Gasteiger partial charge in [-0.2, -0.15) is 5.10 Å². The molecule has 0 radical (unpaired) electrons. The van der Waals surface area contributed by atoms with Gasteiger partial charge in [0, 0.05) is 29.6 Å². The van der Waals surface area contributed by atoms with Crippen molar-refractivity contribution in [3.8, 4) is 5.75 Å². The van der Waals surface area contributed by atoms with Crippen LogP contribution in [-0.4, -0.2) is 39.3 Å². The number of amides is 1. The predicted octanol–water partition coefficient (Wildman–Crippen LogP) is 4.35. The lowest BCUT2D eigenvalue weighted by atomic mass is 9.84. The molecule has 30 heavy (non-hydrogen) atoms. The van der Waals surface area contributed by atoms with Gasteiger partial charge in [0.1, 0.15) is 0 Å². The molecule has 0 aliphatic carbocycles.